The molecule has 1 saturated heterocycles. The number of carbonyl (C=O) groups excluding carboxylic acids is 1. The summed E-state index contributed by atoms with van der Waals surface area (Å²) in [6.07, 6.45) is 1.87. The second kappa shape index (κ2) is 7.49. The number of amides is 1. The van der Waals surface area contributed by atoms with Crippen LogP contribution in [0.3, 0.4) is 0 Å². The van der Waals surface area contributed by atoms with Gasteiger partial charge in [-0.2, -0.15) is 0 Å². The van der Waals surface area contributed by atoms with Gasteiger partial charge in [-0.25, -0.2) is 0 Å². The summed E-state index contributed by atoms with van der Waals surface area (Å²) in [7, 11) is 1.75. The summed E-state index contributed by atoms with van der Waals surface area (Å²) in [5, 5.41) is 0.805. The first-order valence-electron chi connectivity index (χ1n) is 8.04. The average Bonchev–Trinajstić information content (AvgIpc) is 2.88. The third-order valence-electron chi connectivity index (χ3n) is 4.47. The molecule has 128 valence electrons. The monoisotopic (exact) mass is 366 g/mol. The van der Waals surface area contributed by atoms with E-state index in [9.17, 15) is 4.79 Å². The van der Waals surface area contributed by atoms with Crippen LogP contribution in [0.2, 0.25) is 10.2 Å². The van der Waals surface area contributed by atoms with Gasteiger partial charge in [0, 0.05) is 20.1 Å². The fraction of sp³-hybridized carbons (Fsp3) is 0.389. The van der Waals surface area contributed by atoms with Gasteiger partial charge < -0.3 is 14.2 Å². The highest BCUT2D eigenvalue weighted by atomic mass is 35.5. The number of rotatable bonds is 4. The van der Waals surface area contributed by atoms with Crippen molar-refractivity contribution in [1.29, 1.82) is 0 Å². The largest absolute Gasteiger partial charge is 0.493 e. The van der Waals surface area contributed by atoms with E-state index in [4.69, 9.17) is 27.9 Å². The van der Waals surface area contributed by atoms with Gasteiger partial charge in [-0.3, -0.25) is 4.79 Å². The molecule has 1 aliphatic heterocycles. The van der Waals surface area contributed by atoms with Crippen LogP contribution >= 0.6 is 23.2 Å². The minimum absolute atomic E-state index is 0.0197. The fourth-order valence-electron chi connectivity index (χ4n) is 2.94. The maximum atomic E-state index is 12.6. The van der Waals surface area contributed by atoms with E-state index in [1.165, 1.54) is 0 Å². The van der Waals surface area contributed by atoms with E-state index in [-0.39, 0.29) is 5.91 Å². The molecule has 1 aromatic carbocycles. The molecule has 0 bridgehead atoms. The Labute approximate surface area is 151 Å². The number of para-hydroxylation sites is 1. The first-order valence-corrected chi connectivity index (χ1v) is 8.79. The molecule has 0 radical (unpaired) electrons. The Balaban J connectivity index is 1.53. The van der Waals surface area contributed by atoms with Crippen molar-refractivity contribution in [2.45, 2.75) is 12.8 Å². The molecule has 1 aliphatic rings. The lowest BCUT2D eigenvalue weighted by molar-refractivity contribution is 0.0651. The maximum absolute atomic E-state index is 12.6. The minimum atomic E-state index is -0.0197. The Morgan fingerprint density at radius 1 is 1.21 bits per heavy atom. The predicted molar refractivity (Wildman–Crippen MR) is 96.0 cm³/mol. The zero-order valence-corrected chi connectivity index (χ0v) is 15.1. The molecule has 24 heavy (non-hydrogen) atoms. The number of ether oxygens (including phenoxy) is 1. The van der Waals surface area contributed by atoms with Crippen LogP contribution in [-0.4, -0.2) is 35.1 Å². The predicted octanol–water partition coefficient (Wildman–Crippen LogP) is 4.26. The van der Waals surface area contributed by atoms with Crippen molar-refractivity contribution in [3.8, 4) is 5.75 Å². The lowest BCUT2D eigenvalue weighted by atomic mass is 9.97. The number of carbonyl (C=O) groups is 1. The van der Waals surface area contributed by atoms with E-state index in [1.54, 1.807) is 17.7 Å². The summed E-state index contributed by atoms with van der Waals surface area (Å²) in [5.41, 5.74) is 0.531. The highest BCUT2D eigenvalue weighted by Gasteiger charge is 2.26. The average molecular weight is 367 g/mol. The van der Waals surface area contributed by atoms with Crippen LogP contribution in [0, 0.1) is 5.92 Å². The van der Waals surface area contributed by atoms with Gasteiger partial charge in [0.05, 0.1) is 11.6 Å². The Morgan fingerprint density at radius 3 is 2.46 bits per heavy atom. The second-order valence-corrected chi connectivity index (χ2v) is 6.85. The first-order chi connectivity index (χ1) is 11.6. The first kappa shape index (κ1) is 17.2. The standard InChI is InChI=1S/C18H20Cl2N2O2/c1-21-16(11-15(19)17(21)20)18(23)22-9-7-13(8-10-22)12-24-14-5-3-2-4-6-14/h2-6,11,13H,7-10,12H2,1H3. The number of aromatic nitrogens is 1. The minimum Gasteiger partial charge on any atom is -0.493 e. The van der Waals surface area contributed by atoms with Gasteiger partial charge >= 0.3 is 0 Å². The van der Waals surface area contributed by atoms with Crippen molar-refractivity contribution in [3.63, 3.8) is 0 Å². The zero-order chi connectivity index (χ0) is 17.1. The molecule has 1 fully saturated rings. The van der Waals surface area contributed by atoms with E-state index >= 15 is 0 Å². The van der Waals surface area contributed by atoms with Crippen LogP contribution in [0.4, 0.5) is 0 Å². The number of piperidine rings is 1. The molecular weight excluding hydrogens is 347 g/mol. The number of nitrogens with zero attached hydrogens (tertiary/aromatic N) is 2. The van der Waals surface area contributed by atoms with Crippen molar-refractivity contribution in [2.24, 2.45) is 13.0 Å². The lowest BCUT2D eigenvalue weighted by Crippen LogP contribution is -2.40. The van der Waals surface area contributed by atoms with Crippen LogP contribution in [0.5, 0.6) is 5.75 Å². The Kier molecular flexibility index (Phi) is 5.36. The smallest absolute Gasteiger partial charge is 0.270 e. The van der Waals surface area contributed by atoms with E-state index in [0.717, 1.165) is 31.7 Å². The molecule has 0 atom stereocenters. The number of likely N-dealkylation sites (tertiary alicyclic amines) is 1. The van der Waals surface area contributed by atoms with Crippen molar-refractivity contribution in [1.82, 2.24) is 9.47 Å². The highest BCUT2D eigenvalue weighted by molar-refractivity contribution is 6.41. The molecule has 0 aliphatic carbocycles. The van der Waals surface area contributed by atoms with Gasteiger partial charge in [0.2, 0.25) is 0 Å². The van der Waals surface area contributed by atoms with Crippen molar-refractivity contribution in [3.05, 3.63) is 52.3 Å². The number of benzene rings is 1. The van der Waals surface area contributed by atoms with E-state index in [0.29, 0.717) is 28.4 Å². The van der Waals surface area contributed by atoms with Crippen molar-refractivity contribution >= 4 is 29.1 Å². The molecule has 2 heterocycles. The summed E-state index contributed by atoms with van der Waals surface area (Å²) in [6.45, 7) is 2.14. The fourth-order valence-corrected chi connectivity index (χ4v) is 3.32. The van der Waals surface area contributed by atoms with Crippen molar-refractivity contribution in [2.75, 3.05) is 19.7 Å². The Bertz CT molecular complexity index is 707. The van der Waals surface area contributed by atoms with Gasteiger partial charge in [0.15, 0.2) is 0 Å². The quantitative estimate of drug-likeness (QED) is 0.809. The second-order valence-electron chi connectivity index (χ2n) is 6.09. The van der Waals surface area contributed by atoms with Gasteiger partial charge in [-0.05, 0) is 37.0 Å². The molecular formula is C18H20Cl2N2O2. The van der Waals surface area contributed by atoms with Crippen LogP contribution in [0.15, 0.2) is 36.4 Å². The third-order valence-corrected chi connectivity index (χ3v) is 5.31. The third kappa shape index (κ3) is 3.70. The molecule has 0 spiro atoms. The molecule has 4 nitrogen and oxygen atoms in total. The molecule has 0 N–H and O–H groups in total. The summed E-state index contributed by atoms with van der Waals surface area (Å²) in [4.78, 5) is 14.5. The van der Waals surface area contributed by atoms with E-state index in [1.807, 2.05) is 35.2 Å². The summed E-state index contributed by atoms with van der Waals surface area (Å²) in [6, 6.07) is 11.5. The summed E-state index contributed by atoms with van der Waals surface area (Å²) < 4.78 is 7.46. The topological polar surface area (TPSA) is 34.5 Å². The van der Waals surface area contributed by atoms with Crippen molar-refractivity contribution < 1.29 is 9.53 Å². The summed E-state index contributed by atoms with van der Waals surface area (Å²) in [5.74, 6) is 1.34. The zero-order valence-electron chi connectivity index (χ0n) is 13.5. The molecule has 3 rings (SSSR count). The van der Waals surface area contributed by atoms with Crippen LogP contribution in [0.1, 0.15) is 23.3 Å². The molecule has 1 amide bonds. The number of halogens is 2. The van der Waals surface area contributed by atoms with Gasteiger partial charge in [0.1, 0.15) is 16.6 Å². The van der Waals surface area contributed by atoms with E-state index in [2.05, 4.69) is 0 Å². The summed E-state index contributed by atoms with van der Waals surface area (Å²) >= 11 is 12.0. The van der Waals surface area contributed by atoms with Gasteiger partial charge in [-0.15, -0.1) is 0 Å². The van der Waals surface area contributed by atoms with Crippen LogP contribution < -0.4 is 4.74 Å². The maximum Gasteiger partial charge on any atom is 0.270 e. The molecule has 1 aromatic heterocycles. The molecule has 6 heteroatoms. The lowest BCUT2D eigenvalue weighted by Gasteiger charge is -2.32. The SMILES string of the molecule is Cn1c(C(=O)N2CCC(COc3ccccc3)CC2)cc(Cl)c1Cl. The molecule has 2 aromatic rings. The number of hydrogen-bond donors (Lipinski definition) is 0. The van der Waals surface area contributed by atoms with E-state index < -0.39 is 0 Å². The van der Waals surface area contributed by atoms with Crippen LogP contribution in [-0.2, 0) is 7.05 Å². The Morgan fingerprint density at radius 2 is 1.88 bits per heavy atom. The molecule has 0 saturated carbocycles. The molecule has 0 unspecified atom stereocenters. The highest BCUT2D eigenvalue weighted by Crippen LogP contribution is 2.27. The normalized spacial score (nSPS) is 15.5. The Hall–Kier alpha value is -1.65. The number of hydrogen-bond acceptors (Lipinski definition) is 2. The van der Waals surface area contributed by atoms with Gasteiger partial charge in [0.25, 0.3) is 5.91 Å². The van der Waals surface area contributed by atoms with Gasteiger partial charge in [-0.1, -0.05) is 41.4 Å². The van der Waals surface area contributed by atoms with Crippen LogP contribution in [0.25, 0.3) is 0 Å².